The van der Waals surface area contributed by atoms with Crippen molar-refractivity contribution in [3.8, 4) is 0 Å². The number of rotatable bonds is 6. The maximum absolute atomic E-state index is 4.46. The Hall–Kier alpha value is -1.20. The van der Waals surface area contributed by atoms with Gasteiger partial charge in [-0.1, -0.05) is 6.92 Å². The Morgan fingerprint density at radius 3 is 2.84 bits per heavy atom. The molecule has 2 heterocycles. The van der Waals surface area contributed by atoms with Crippen LogP contribution in [0.1, 0.15) is 30.9 Å². The molecule has 1 unspecified atom stereocenters. The van der Waals surface area contributed by atoms with Crippen LogP contribution in [0, 0.1) is 0 Å². The number of nitrogens with one attached hydrogen (secondary N) is 1. The molecule has 0 aromatic carbocycles. The zero-order valence-corrected chi connectivity index (χ0v) is 12.9. The molecule has 0 aliphatic heterocycles. The molecule has 1 N–H and O–H groups in total. The van der Waals surface area contributed by atoms with Crippen LogP contribution >= 0.6 is 15.9 Å². The Kier molecular flexibility index (Phi) is 5.10. The minimum Gasteiger partial charge on any atom is -0.335 e. The summed E-state index contributed by atoms with van der Waals surface area (Å²) in [4.78, 5) is 8.91. The molecule has 0 radical (unpaired) electrons. The normalized spacial score (nSPS) is 12.6. The fourth-order valence-corrected chi connectivity index (χ4v) is 2.34. The lowest BCUT2D eigenvalue weighted by Gasteiger charge is -2.16. The van der Waals surface area contributed by atoms with Crippen molar-refractivity contribution in [3.05, 3.63) is 46.7 Å². The summed E-state index contributed by atoms with van der Waals surface area (Å²) in [6, 6.07) is 4.25. The second-order valence-corrected chi connectivity index (χ2v) is 5.40. The average Bonchev–Trinajstić information content (AvgIpc) is 2.85. The van der Waals surface area contributed by atoms with Gasteiger partial charge in [-0.2, -0.15) is 0 Å². The van der Waals surface area contributed by atoms with E-state index in [4.69, 9.17) is 0 Å². The van der Waals surface area contributed by atoms with Gasteiger partial charge in [-0.25, -0.2) is 4.98 Å². The SMILES string of the molecule is CCCn1ccnc1CC(NC)c1ccc(Br)cn1. The molecule has 1 atom stereocenters. The molecule has 2 rings (SSSR count). The van der Waals surface area contributed by atoms with Crippen LogP contribution in [0.4, 0.5) is 0 Å². The molecule has 0 bridgehead atoms. The van der Waals surface area contributed by atoms with Crippen LogP contribution in [0.25, 0.3) is 0 Å². The zero-order valence-electron chi connectivity index (χ0n) is 11.3. The lowest BCUT2D eigenvalue weighted by Crippen LogP contribution is -2.21. The monoisotopic (exact) mass is 322 g/mol. The Morgan fingerprint density at radius 1 is 1.37 bits per heavy atom. The van der Waals surface area contributed by atoms with Crippen LogP contribution in [-0.2, 0) is 13.0 Å². The molecule has 0 fully saturated rings. The van der Waals surface area contributed by atoms with Gasteiger partial charge in [-0.3, -0.25) is 4.98 Å². The van der Waals surface area contributed by atoms with Crippen molar-refractivity contribution in [2.45, 2.75) is 32.4 Å². The third-order valence-electron chi connectivity index (χ3n) is 3.11. The summed E-state index contributed by atoms with van der Waals surface area (Å²) in [7, 11) is 1.96. The number of pyridine rings is 1. The van der Waals surface area contributed by atoms with Gasteiger partial charge in [0.2, 0.25) is 0 Å². The first kappa shape index (κ1) is 14.2. The van der Waals surface area contributed by atoms with E-state index in [9.17, 15) is 0 Å². The maximum Gasteiger partial charge on any atom is 0.110 e. The molecule has 0 saturated carbocycles. The summed E-state index contributed by atoms with van der Waals surface area (Å²) in [5, 5.41) is 3.31. The second kappa shape index (κ2) is 6.82. The van der Waals surface area contributed by atoms with Crippen molar-refractivity contribution in [2.24, 2.45) is 0 Å². The summed E-state index contributed by atoms with van der Waals surface area (Å²) in [5.74, 6) is 1.10. The zero-order chi connectivity index (χ0) is 13.7. The first-order valence-corrected chi connectivity index (χ1v) is 7.32. The van der Waals surface area contributed by atoms with E-state index in [1.165, 1.54) is 0 Å². The molecule has 4 nitrogen and oxygen atoms in total. The van der Waals surface area contributed by atoms with Crippen molar-refractivity contribution in [1.29, 1.82) is 0 Å². The molecule has 2 aromatic heterocycles. The molecule has 102 valence electrons. The summed E-state index contributed by atoms with van der Waals surface area (Å²) in [6.45, 7) is 3.19. The number of hydrogen-bond acceptors (Lipinski definition) is 3. The van der Waals surface area contributed by atoms with Gasteiger partial charge < -0.3 is 9.88 Å². The Labute approximate surface area is 122 Å². The van der Waals surface area contributed by atoms with Gasteiger partial charge in [0.15, 0.2) is 0 Å². The van der Waals surface area contributed by atoms with Crippen molar-refractivity contribution in [3.63, 3.8) is 0 Å². The second-order valence-electron chi connectivity index (χ2n) is 4.48. The minimum atomic E-state index is 0.186. The van der Waals surface area contributed by atoms with E-state index < -0.39 is 0 Å². The third-order valence-corrected chi connectivity index (χ3v) is 3.58. The van der Waals surface area contributed by atoms with Gasteiger partial charge in [0.1, 0.15) is 5.82 Å². The highest BCUT2D eigenvalue weighted by Crippen LogP contribution is 2.17. The highest BCUT2D eigenvalue weighted by atomic mass is 79.9. The number of nitrogens with zero attached hydrogens (tertiary/aromatic N) is 3. The van der Waals surface area contributed by atoms with E-state index >= 15 is 0 Å². The minimum absolute atomic E-state index is 0.186. The lowest BCUT2D eigenvalue weighted by molar-refractivity contribution is 0.533. The predicted octanol–water partition coefficient (Wildman–Crippen LogP) is 2.95. The van der Waals surface area contributed by atoms with Gasteiger partial charge in [0, 0.05) is 36.0 Å². The molecule has 0 aliphatic carbocycles. The van der Waals surface area contributed by atoms with Gasteiger partial charge in [-0.15, -0.1) is 0 Å². The smallest absolute Gasteiger partial charge is 0.110 e. The van der Waals surface area contributed by atoms with E-state index in [2.05, 4.69) is 42.7 Å². The number of aromatic nitrogens is 3. The van der Waals surface area contributed by atoms with Crippen LogP contribution in [0.2, 0.25) is 0 Å². The first-order chi connectivity index (χ1) is 9.24. The molecular formula is C14H19BrN4. The Morgan fingerprint density at radius 2 is 2.21 bits per heavy atom. The van der Waals surface area contributed by atoms with E-state index in [1.807, 2.05) is 37.8 Å². The molecular weight excluding hydrogens is 304 g/mol. The average molecular weight is 323 g/mol. The molecule has 5 heteroatoms. The number of imidazole rings is 1. The van der Waals surface area contributed by atoms with Crippen molar-refractivity contribution in [1.82, 2.24) is 19.9 Å². The van der Waals surface area contributed by atoms with Gasteiger partial charge in [0.05, 0.1) is 11.7 Å². The van der Waals surface area contributed by atoms with Gasteiger partial charge >= 0.3 is 0 Å². The summed E-state index contributed by atoms with van der Waals surface area (Å²) >= 11 is 3.41. The van der Waals surface area contributed by atoms with Crippen LogP contribution in [0.15, 0.2) is 35.2 Å². The lowest BCUT2D eigenvalue weighted by atomic mass is 10.1. The summed E-state index contributed by atoms with van der Waals surface area (Å²) in [6.07, 6.45) is 7.70. The molecule has 0 aliphatic rings. The van der Waals surface area contributed by atoms with E-state index in [0.717, 1.165) is 35.4 Å². The number of aryl methyl sites for hydroxylation is 1. The fraction of sp³-hybridized carbons (Fsp3) is 0.429. The predicted molar refractivity (Wildman–Crippen MR) is 80.0 cm³/mol. The largest absolute Gasteiger partial charge is 0.335 e. The van der Waals surface area contributed by atoms with Crippen LogP contribution in [0.5, 0.6) is 0 Å². The van der Waals surface area contributed by atoms with Crippen LogP contribution < -0.4 is 5.32 Å². The van der Waals surface area contributed by atoms with Crippen molar-refractivity contribution in [2.75, 3.05) is 7.05 Å². The van der Waals surface area contributed by atoms with Gasteiger partial charge in [-0.05, 0) is 41.5 Å². The molecule has 0 amide bonds. The van der Waals surface area contributed by atoms with Crippen molar-refractivity contribution < 1.29 is 0 Å². The standard InChI is InChI=1S/C14H19BrN4/c1-3-7-19-8-6-17-14(19)9-13(16-2)12-5-4-11(15)10-18-12/h4-6,8,10,13,16H,3,7,9H2,1-2H3. The van der Waals surface area contributed by atoms with Crippen molar-refractivity contribution >= 4 is 15.9 Å². The maximum atomic E-state index is 4.46. The highest BCUT2D eigenvalue weighted by molar-refractivity contribution is 9.10. The molecule has 2 aromatic rings. The Bertz CT molecular complexity index is 506. The van der Waals surface area contributed by atoms with E-state index in [0.29, 0.717) is 0 Å². The van der Waals surface area contributed by atoms with Crippen LogP contribution in [-0.4, -0.2) is 21.6 Å². The van der Waals surface area contributed by atoms with Crippen LogP contribution in [0.3, 0.4) is 0 Å². The molecule has 0 spiro atoms. The van der Waals surface area contributed by atoms with Gasteiger partial charge in [0.25, 0.3) is 0 Å². The fourth-order valence-electron chi connectivity index (χ4n) is 2.10. The number of halogens is 1. The van der Waals surface area contributed by atoms with E-state index in [-0.39, 0.29) is 6.04 Å². The van der Waals surface area contributed by atoms with E-state index in [1.54, 1.807) is 0 Å². The molecule has 19 heavy (non-hydrogen) atoms. The topological polar surface area (TPSA) is 42.7 Å². The summed E-state index contributed by atoms with van der Waals surface area (Å²) in [5.41, 5.74) is 1.04. The quantitative estimate of drug-likeness (QED) is 0.889. The third kappa shape index (κ3) is 3.64. The first-order valence-electron chi connectivity index (χ1n) is 6.53. The molecule has 0 saturated heterocycles. The number of likely N-dealkylation sites (N-methyl/N-ethyl adjacent to an activating group) is 1. The highest BCUT2D eigenvalue weighted by Gasteiger charge is 2.14. The summed E-state index contributed by atoms with van der Waals surface area (Å²) < 4.78 is 3.21. The number of hydrogen-bond donors (Lipinski definition) is 1. The Balaban J connectivity index is 2.14.